The molecule has 2 N–H and O–H groups in total. The van der Waals surface area contributed by atoms with E-state index in [9.17, 15) is 14.9 Å². The minimum atomic E-state index is -0.602. The van der Waals surface area contributed by atoms with Crippen molar-refractivity contribution in [1.82, 2.24) is 15.1 Å². The highest BCUT2D eigenvalue weighted by Gasteiger charge is 2.41. The molecule has 1 aliphatic rings. The highest BCUT2D eigenvalue weighted by Crippen LogP contribution is 2.47. The van der Waals surface area contributed by atoms with Crippen LogP contribution in [-0.4, -0.2) is 38.9 Å². The van der Waals surface area contributed by atoms with E-state index in [1.54, 1.807) is 0 Å². The number of nitro groups is 1. The normalized spacial score (nSPS) is 16.1. The Balaban J connectivity index is 1.79. The number of hydrogen-bond acceptors (Lipinski definition) is 5. The number of nitrogens with one attached hydrogen (secondary N) is 1. The Kier molecular flexibility index (Phi) is 3.79. The van der Waals surface area contributed by atoms with Crippen LogP contribution in [0.3, 0.4) is 0 Å². The monoisotopic (exact) mass is 268 g/mol. The van der Waals surface area contributed by atoms with Crippen LogP contribution in [0.4, 0.5) is 5.82 Å². The third-order valence-corrected chi connectivity index (χ3v) is 3.38. The topological polar surface area (TPSA) is 110 Å². The van der Waals surface area contributed by atoms with Crippen molar-refractivity contribution in [2.75, 3.05) is 13.2 Å². The molecule has 0 bridgehead atoms. The van der Waals surface area contributed by atoms with E-state index in [2.05, 4.69) is 10.4 Å². The van der Waals surface area contributed by atoms with E-state index < -0.39 is 4.92 Å². The first-order valence-corrected chi connectivity index (χ1v) is 6.10. The summed E-state index contributed by atoms with van der Waals surface area (Å²) in [5.41, 5.74) is 0.0561. The van der Waals surface area contributed by atoms with Gasteiger partial charge in [-0.15, -0.1) is 0 Å². The molecule has 1 aromatic heterocycles. The lowest BCUT2D eigenvalue weighted by atomic mass is 10.0. The second-order valence-electron chi connectivity index (χ2n) is 4.88. The predicted molar refractivity (Wildman–Crippen MR) is 65.3 cm³/mol. The van der Waals surface area contributed by atoms with E-state index in [0.717, 1.165) is 12.8 Å². The number of aliphatic hydroxyl groups excluding tert-OH is 1. The number of amides is 1. The highest BCUT2D eigenvalue weighted by atomic mass is 16.6. The molecule has 1 fully saturated rings. The fraction of sp³-hybridized carbons (Fsp3) is 0.636. The van der Waals surface area contributed by atoms with Gasteiger partial charge >= 0.3 is 5.82 Å². The van der Waals surface area contributed by atoms with Gasteiger partial charge in [0.1, 0.15) is 6.54 Å². The molecule has 0 aliphatic heterocycles. The molecule has 2 rings (SSSR count). The SMILES string of the molecule is O=C(Cn1ccc([N+](=O)[O-])n1)NCC1(CCO)CC1. The second-order valence-corrected chi connectivity index (χ2v) is 4.88. The van der Waals surface area contributed by atoms with Crippen molar-refractivity contribution in [3.8, 4) is 0 Å². The number of rotatable bonds is 7. The Hall–Kier alpha value is -1.96. The Morgan fingerprint density at radius 3 is 2.89 bits per heavy atom. The number of carbonyl (C=O) groups is 1. The first-order chi connectivity index (χ1) is 9.04. The molecule has 104 valence electrons. The van der Waals surface area contributed by atoms with Gasteiger partial charge in [-0.2, -0.15) is 4.68 Å². The summed E-state index contributed by atoms with van der Waals surface area (Å²) >= 11 is 0. The third-order valence-electron chi connectivity index (χ3n) is 3.38. The van der Waals surface area contributed by atoms with E-state index in [0.29, 0.717) is 13.0 Å². The molecule has 1 aliphatic carbocycles. The van der Waals surface area contributed by atoms with E-state index in [1.165, 1.54) is 16.9 Å². The van der Waals surface area contributed by atoms with Crippen LogP contribution in [0.15, 0.2) is 12.3 Å². The summed E-state index contributed by atoms with van der Waals surface area (Å²) in [4.78, 5) is 21.5. The van der Waals surface area contributed by atoms with Crippen molar-refractivity contribution in [2.24, 2.45) is 5.41 Å². The molecule has 0 saturated heterocycles. The van der Waals surface area contributed by atoms with E-state index in [1.807, 2.05) is 0 Å². The molecule has 0 radical (unpaired) electrons. The summed E-state index contributed by atoms with van der Waals surface area (Å²) in [6.07, 6.45) is 4.13. The molecule has 8 nitrogen and oxygen atoms in total. The molecule has 19 heavy (non-hydrogen) atoms. The zero-order valence-corrected chi connectivity index (χ0v) is 10.4. The Morgan fingerprint density at radius 2 is 2.37 bits per heavy atom. The fourth-order valence-corrected chi connectivity index (χ4v) is 1.95. The Bertz CT molecular complexity index is 481. The van der Waals surface area contributed by atoms with Crippen LogP contribution in [0.1, 0.15) is 19.3 Å². The van der Waals surface area contributed by atoms with Gasteiger partial charge < -0.3 is 20.5 Å². The molecule has 0 spiro atoms. The maximum Gasteiger partial charge on any atom is 0.389 e. The van der Waals surface area contributed by atoms with Crippen molar-refractivity contribution in [1.29, 1.82) is 0 Å². The van der Waals surface area contributed by atoms with Crippen LogP contribution in [0.2, 0.25) is 0 Å². The Morgan fingerprint density at radius 1 is 1.63 bits per heavy atom. The number of aliphatic hydroxyl groups is 1. The molecular weight excluding hydrogens is 252 g/mol. The average Bonchev–Trinajstić information content (AvgIpc) is 2.96. The van der Waals surface area contributed by atoms with E-state index >= 15 is 0 Å². The van der Waals surface area contributed by atoms with Gasteiger partial charge in [-0.1, -0.05) is 0 Å². The summed E-state index contributed by atoms with van der Waals surface area (Å²) in [7, 11) is 0. The molecule has 0 aromatic carbocycles. The summed E-state index contributed by atoms with van der Waals surface area (Å²) in [5, 5.41) is 25.8. The fourth-order valence-electron chi connectivity index (χ4n) is 1.95. The van der Waals surface area contributed by atoms with Crippen molar-refractivity contribution < 1.29 is 14.8 Å². The van der Waals surface area contributed by atoms with Gasteiger partial charge in [-0.3, -0.25) is 4.79 Å². The lowest BCUT2D eigenvalue weighted by Gasteiger charge is -2.13. The van der Waals surface area contributed by atoms with Crippen molar-refractivity contribution in [2.45, 2.75) is 25.8 Å². The molecule has 1 heterocycles. The molecule has 8 heteroatoms. The van der Waals surface area contributed by atoms with Crippen molar-refractivity contribution in [3.63, 3.8) is 0 Å². The van der Waals surface area contributed by atoms with Gasteiger partial charge in [0.15, 0.2) is 0 Å². The summed E-state index contributed by atoms with van der Waals surface area (Å²) in [5.74, 6) is -0.506. The molecular formula is C11H16N4O4. The van der Waals surface area contributed by atoms with E-state index in [4.69, 9.17) is 5.11 Å². The zero-order valence-electron chi connectivity index (χ0n) is 10.4. The van der Waals surface area contributed by atoms with Crippen LogP contribution < -0.4 is 5.32 Å². The molecule has 1 aromatic rings. The first kappa shape index (κ1) is 13.5. The van der Waals surface area contributed by atoms with Crippen LogP contribution in [0.25, 0.3) is 0 Å². The number of nitrogens with zero attached hydrogens (tertiary/aromatic N) is 3. The maximum absolute atomic E-state index is 11.7. The largest absolute Gasteiger partial charge is 0.396 e. The van der Waals surface area contributed by atoms with Crippen LogP contribution in [0, 0.1) is 15.5 Å². The van der Waals surface area contributed by atoms with Gasteiger partial charge in [0.25, 0.3) is 0 Å². The minimum Gasteiger partial charge on any atom is -0.396 e. The zero-order chi connectivity index (χ0) is 13.9. The highest BCUT2D eigenvalue weighted by molar-refractivity contribution is 5.75. The number of carbonyl (C=O) groups excluding carboxylic acids is 1. The Labute approximate surface area is 109 Å². The third kappa shape index (κ3) is 3.50. The molecule has 1 amide bonds. The number of aromatic nitrogens is 2. The molecule has 0 unspecified atom stereocenters. The first-order valence-electron chi connectivity index (χ1n) is 6.10. The number of hydrogen-bond donors (Lipinski definition) is 2. The molecule has 0 atom stereocenters. The minimum absolute atomic E-state index is 0.0386. The summed E-state index contributed by atoms with van der Waals surface area (Å²) < 4.78 is 1.24. The molecule has 1 saturated carbocycles. The van der Waals surface area contributed by atoms with Crippen LogP contribution >= 0.6 is 0 Å². The van der Waals surface area contributed by atoms with Crippen LogP contribution in [-0.2, 0) is 11.3 Å². The van der Waals surface area contributed by atoms with Crippen molar-refractivity contribution >= 4 is 11.7 Å². The van der Waals surface area contributed by atoms with Gasteiger partial charge in [0, 0.05) is 13.2 Å². The quantitative estimate of drug-likeness (QED) is 0.537. The van der Waals surface area contributed by atoms with Crippen molar-refractivity contribution in [3.05, 3.63) is 22.4 Å². The van der Waals surface area contributed by atoms with E-state index in [-0.39, 0.29) is 30.3 Å². The average molecular weight is 268 g/mol. The lowest BCUT2D eigenvalue weighted by molar-refractivity contribution is -0.389. The smallest absolute Gasteiger partial charge is 0.389 e. The van der Waals surface area contributed by atoms with Gasteiger partial charge in [0.2, 0.25) is 5.91 Å². The summed E-state index contributed by atoms with van der Waals surface area (Å²) in [6, 6.07) is 1.25. The second kappa shape index (κ2) is 5.35. The van der Waals surface area contributed by atoms with Gasteiger partial charge in [-0.05, 0) is 29.6 Å². The predicted octanol–water partition coefficient (Wildman–Crippen LogP) is 0.0701. The summed E-state index contributed by atoms with van der Waals surface area (Å²) in [6.45, 7) is 0.625. The lowest BCUT2D eigenvalue weighted by Crippen LogP contribution is -2.33. The van der Waals surface area contributed by atoms with Crippen LogP contribution in [0.5, 0.6) is 0 Å². The standard InChI is InChI=1S/C11H16N4O4/c16-6-4-11(2-3-11)8-12-10(17)7-14-5-1-9(13-14)15(18)19/h1,5,16H,2-4,6-8H2,(H,12,17). The van der Waals surface area contributed by atoms with Gasteiger partial charge in [-0.25, -0.2) is 0 Å². The van der Waals surface area contributed by atoms with Gasteiger partial charge in [0.05, 0.1) is 17.4 Å². The maximum atomic E-state index is 11.7.